The fraction of sp³-hybridized carbons (Fsp3) is 0.750. The number of thioether (sulfide) groups is 1. The van der Waals surface area contributed by atoms with E-state index >= 15 is 0 Å². The monoisotopic (exact) mass is 238 g/mol. The van der Waals surface area contributed by atoms with Gasteiger partial charge in [-0.25, -0.2) is 4.79 Å². The summed E-state index contributed by atoms with van der Waals surface area (Å²) in [6, 6.07) is -0.483. The van der Waals surface area contributed by atoms with Crippen LogP contribution in [0.25, 0.3) is 0 Å². The van der Waals surface area contributed by atoms with E-state index in [-0.39, 0.29) is 5.88 Å². The second-order valence-electron chi connectivity index (χ2n) is 2.95. The van der Waals surface area contributed by atoms with Crippen molar-refractivity contribution in [3.8, 4) is 0 Å². The summed E-state index contributed by atoms with van der Waals surface area (Å²) in [5, 5.41) is 4.69. The molecule has 14 heavy (non-hydrogen) atoms. The molecule has 82 valence electrons. The second-order valence-corrected chi connectivity index (χ2v) is 4.13. The number of hydrogen-bond acceptors (Lipinski definition) is 3. The number of hydrogen-bond donors (Lipinski definition) is 2. The number of carbonyl (C=O) groups excluding carboxylic acids is 2. The van der Waals surface area contributed by atoms with Crippen molar-refractivity contribution >= 4 is 35.3 Å². The first-order chi connectivity index (χ1) is 6.60. The first-order valence-corrected chi connectivity index (χ1v) is 6.15. The molecule has 0 spiro atoms. The van der Waals surface area contributed by atoms with Crippen LogP contribution in [0.15, 0.2) is 0 Å². The highest BCUT2D eigenvalue weighted by atomic mass is 35.5. The Kier molecular flexibility index (Phi) is 7.70. The maximum Gasteiger partial charge on any atom is 0.321 e. The predicted octanol–water partition coefficient (Wildman–Crippen LogP) is 1.05. The predicted molar refractivity (Wildman–Crippen MR) is 59.8 cm³/mol. The Hall–Kier alpha value is -0.420. The summed E-state index contributed by atoms with van der Waals surface area (Å²) >= 11 is 6.93. The van der Waals surface area contributed by atoms with Crippen LogP contribution in [0.4, 0.5) is 4.79 Å². The van der Waals surface area contributed by atoms with E-state index in [1.807, 2.05) is 13.2 Å². The number of rotatable bonds is 5. The van der Waals surface area contributed by atoms with E-state index in [4.69, 9.17) is 11.6 Å². The molecule has 2 N–H and O–H groups in total. The Morgan fingerprint density at radius 2 is 2.14 bits per heavy atom. The lowest BCUT2D eigenvalue weighted by atomic mass is 10.2. The largest absolute Gasteiger partial charge is 0.338 e. The van der Waals surface area contributed by atoms with Gasteiger partial charge in [-0.3, -0.25) is 10.1 Å². The van der Waals surface area contributed by atoms with Crippen LogP contribution in [-0.4, -0.2) is 36.4 Å². The number of amides is 3. The molecule has 1 unspecified atom stereocenters. The summed E-state index contributed by atoms with van der Waals surface area (Å²) in [6.07, 6.45) is 2.01. The summed E-state index contributed by atoms with van der Waals surface area (Å²) in [5.41, 5.74) is 0. The average molecular weight is 239 g/mol. The van der Waals surface area contributed by atoms with Crippen LogP contribution in [0.1, 0.15) is 6.92 Å². The molecular formula is C8H15ClN2O2S. The first-order valence-electron chi connectivity index (χ1n) is 4.22. The number of carbonyl (C=O) groups is 2. The van der Waals surface area contributed by atoms with Gasteiger partial charge in [-0.1, -0.05) is 6.92 Å². The number of urea groups is 1. The van der Waals surface area contributed by atoms with Crippen LogP contribution in [0.2, 0.25) is 0 Å². The number of nitrogens with one attached hydrogen (secondary N) is 2. The van der Waals surface area contributed by atoms with Gasteiger partial charge in [0.15, 0.2) is 0 Å². The fourth-order valence-corrected chi connectivity index (χ4v) is 1.57. The van der Waals surface area contributed by atoms with Crippen molar-refractivity contribution in [3.63, 3.8) is 0 Å². The van der Waals surface area contributed by atoms with Crippen molar-refractivity contribution in [1.29, 1.82) is 0 Å². The van der Waals surface area contributed by atoms with Gasteiger partial charge in [-0.2, -0.15) is 11.8 Å². The molecule has 4 nitrogen and oxygen atoms in total. The standard InChI is InChI=1S/C8H15ClN2O2S/c1-6(5-14-2)4-10-8(13)11-7(12)3-9/h6H,3-5H2,1-2H3,(H2,10,11,12,13). The highest BCUT2D eigenvalue weighted by molar-refractivity contribution is 7.98. The summed E-state index contributed by atoms with van der Waals surface area (Å²) in [4.78, 5) is 21.7. The van der Waals surface area contributed by atoms with Gasteiger partial charge in [-0.15, -0.1) is 11.6 Å². The lowest BCUT2D eigenvalue weighted by molar-refractivity contribution is -0.117. The topological polar surface area (TPSA) is 58.2 Å². The zero-order valence-corrected chi connectivity index (χ0v) is 9.87. The molecule has 0 fully saturated rings. The SMILES string of the molecule is CSCC(C)CNC(=O)NC(=O)CCl. The molecule has 0 aliphatic heterocycles. The van der Waals surface area contributed by atoms with Gasteiger partial charge in [0.25, 0.3) is 0 Å². The normalized spacial score (nSPS) is 11.9. The molecule has 6 heteroatoms. The summed E-state index contributed by atoms with van der Waals surface area (Å²) in [6.45, 7) is 2.59. The lowest BCUT2D eigenvalue weighted by Gasteiger charge is -2.10. The fourth-order valence-electron chi connectivity index (χ4n) is 0.815. The molecule has 0 saturated heterocycles. The van der Waals surface area contributed by atoms with Crippen LogP contribution < -0.4 is 10.6 Å². The van der Waals surface area contributed by atoms with Crippen molar-refractivity contribution in [2.45, 2.75) is 6.92 Å². The zero-order valence-electron chi connectivity index (χ0n) is 8.30. The molecule has 0 aliphatic rings. The molecule has 0 radical (unpaired) electrons. The molecular weight excluding hydrogens is 224 g/mol. The average Bonchev–Trinajstić information content (AvgIpc) is 2.15. The van der Waals surface area contributed by atoms with Gasteiger partial charge >= 0.3 is 6.03 Å². The first kappa shape index (κ1) is 13.6. The van der Waals surface area contributed by atoms with Gasteiger partial charge in [0, 0.05) is 6.54 Å². The quantitative estimate of drug-likeness (QED) is 0.704. The minimum Gasteiger partial charge on any atom is -0.338 e. The minimum absolute atomic E-state index is 0.201. The third-order valence-electron chi connectivity index (χ3n) is 1.44. The molecule has 0 bridgehead atoms. The maximum atomic E-state index is 11.0. The maximum absolute atomic E-state index is 11.0. The van der Waals surface area contributed by atoms with Crippen LogP contribution in [0.5, 0.6) is 0 Å². The molecule has 0 aromatic carbocycles. The zero-order chi connectivity index (χ0) is 11.0. The number of imide groups is 1. The van der Waals surface area contributed by atoms with Crippen LogP contribution in [0, 0.1) is 5.92 Å². The second kappa shape index (κ2) is 7.94. The van der Waals surface area contributed by atoms with E-state index < -0.39 is 11.9 Å². The van der Waals surface area contributed by atoms with Crippen LogP contribution >= 0.6 is 23.4 Å². The minimum atomic E-state index is -0.485. The van der Waals surface area contributed by atoms with E-state index in [0.717, 1.165) is 5.75 Å². The van der Waals surface area contributed by atoms with Crippen molar-refractivity contribution in [3.05, 3.63) is 0 Å². The highest BCUT2D eigenvalue weighted by Crippen LogP contribution is 2.02. The molecule has 0 aliphatic carbocycles. The van der Waals surface area contributed by atoms with Gasteiger partial charge in [0.2, 0.25) is 5.91 Å². The van der Waals surface area contributed by atoms with Crippen molar-refractivity contribution < 1.29 is 9.59 Å². The van der Waals surface area contributed by atoms with Crippen molar-refractivity contribution in [2.24, 2.45) is 5.92 Å². The number of halogens is 1. The van der Waals surface area contributed by atoms with Gasteiger partial charge in [-0.05, 0) is 17.9 Å². The van der Waals surface area contributed by atoms with E-state index in [9.17, 15) is 9.59 Å². The van der Waals surface area contributed by atoms with E-state index in [1.165, 1.54) is 0 Å². The molecule has 3 amide bonds. The van der Waals surface area contributed by atoms with Crippen LogP contribution in [-0.2, 0) is 4.79 Å². The van der Waals surface area contributed by atoms with E-state index in [2.05, 4.69) is 10.6 Å². The van der Waals surface area contributed by atoms with E-state index in [1.54, 1.807) is 11.8 Å². The summed E-state index contributed by atoms with van der Waals surface area (Å²) in [5.74, 6) is 0.681. The molecule has 0 rings (SSSR count). The van der Waals surface area contributed by atoms with Gasteiger partial charge in [0.05, 0.1) is 0 Å². The Morgan fingerprint density at radius 3 is 2.64 bits per heavy atom. The molecule has 0 aromatic rings. The molecule has 0 saturated carbocycles. The lowest BCUT2D eigenvalue weighted by Crippen LogP contribution is -2.41. The van der Waals surface area contributed by atoms with Gasteiger partial charge < -0.3 is 5.32 Å². The Morgan fingerprint density at radius 1 is 1.50 bits per heavy atom. The summed E-state index contributed by atoms with van der Waals surface area (Å²) in [7, 11) is 0. The Bertz CT molecular complexity index is 202. The summed E-state index contributed by atoms with van der Waals surface area (Å²) < 4.78 is 0. The van der Waals surface area contributed by atoms with Gasteiger partial charge in [0.1, 0.15) is 5.88 Å². The number of alkyl halides is 1. The van der Waals surface area contributed by atoms with E-state index in [0.29, 0.717) is 12.5 Å². The van der Waals surface area contributed by atoms with Crippen molar-refractivity contribution in [1.82, 2.24) is 10.6 Å². The molecule has 0 heterocycles. The molecule has 0 aromatic heterocycles. The third kappa shape index (κ3) is 7.03. The molecule has 1 atom stereocenters. The Balaban J connectivity index is 3.58. The van der Waals surface area contributed by atoms with Crippen LogP contribution in [0.3, 0.4) is 0 Å². The Labute approximate surface area is 93.1 Å². The third-order valence-corrected chi connectivity index (χ3v) is 2.58. The van der Waals surface area contributed by atoms with Crippen molar-refractivity contribution in [2.75, 3.05) is 24.4 Å². The highest BCUT2D eigenvalue weighted by Gasteiger charge is 2.07. The smallest absolute Gasteiger partial charge is 0.321 e.